The summed E-state index contributed by atoms with van der Waals surface area (Å²) in [5.74, 6) is 2.28. The van der Waals surface area contributed by atoms with Crippen molar-refractivity contribution in [2.24, 2.45) is 46.3 Å². The van der Waals surface area contributed by atoms with E-state index in [1.807, 2.05) is 0 Å². The van der Waals surface area contributed by atoms with Crippen molar-refractivity contribution >= 4 is 16.0 Å². The van der Waals surface area contributed by atoms with Crippen molar-refractivity contribution in [1.29, 1.82) is 0 Å². The Balaban J connectivity index is 1.40. The lowest BCUT2D eigenvalue weighted by atomic mass is 9.43. The third kappa shape index (κ3) is 4.81. The Morgan fingerprint density at radius 1 is 1.06 bits per heavy atom. The summed E-state index contributed by atoms with van der Waals surface area (Å²) in [4.78, 5) is 12.2. The number of aliphatic hydroxyl groups excluding tert-OH is 2. The highest BCUT2D eigenvalue weighted by Gasteiger charge is 2.63. The fourth-order valence-corrected chi connectivity index (χ4v) is 9.49. The molecule has 0 saturated heterocycles. The zero-order chi connectivity index (χ0) is 24.9. The lowest BCUT2D eigenvalue weighted by Crippen LogP contribution is -2.58. The van der Waals surface area contributed by atoms with Gasteiger partial charge in [-0.25, -0.2) is 0 Å². The van der Waals surface area contributed by atoms with Gasteiger partial charge in [-0.1, -0.05) is 20.8 Å². The molecule has 4 saturated carbocycles. The number of rotatable bonds is 7. The lowest BCUT2D eigenvalue weighted by Gasteiger charge is -2.62. The quantitative estimate of drug-likeness (QED) is 0.398. The molecule has 4 fully saturated rings. The summed E-state index contributed by atoms with van der Waals surface area (Å²) in [5.41, 5.74) is 0.105. The Kier molecular flexibility index (Phi) is 7.47. The van der Waals surface area contributed by atoms with E-state index >= 15 is 0 Å². The number of hydrogen-bond donors (Lipinski definition) is 4. The van der Waals surface area contributed by atoms with Crippen LogP contribution in [0.3, 0.4) is 0 Å². The normalized spacial score (nSPS) is 45.1. The second-order valence-electron chi connectivity index (χ2n) is 12.5. The number of carbonyl (C=O) groups excluding carboxylic acids is 1. The van der Waals surface area contributed by atoms with Crippen LogP contribution in [0.5, 0.6) is 0 Å². The number of aliphatic hydroxyl groups is 2. The molecule has 0 spiro atoms. The van der Waals surface area contributed by atoms with Gasteiger partial charge in [0.15, 0.2) is 0 Å². The van der Waals surface area contributed by atoms with Crippen LogP contribution in [-0.4, -0.2) is 53.6 Å². The molecule has 10 atom stereocenters. The fraction of sp³-hybridized carbons (Fsp3) is 0.962. The van der Waals surface area contributed by atoms with Crippen LogP contribution < -0.4 is 5.32 Å². The molecule has 0 aromatic rings. The van der Waals surface area contributed by atoms with Crippen LogP contribution in [-0.2, 0) is 14.9 Å². The van der Waals surface area contributed by atoms with Crippen molar-refractivity contribution in [3.8, 4) is 0 Å². The van der Waals surface area contributed by atoms with Gasteiger partial charge in [-0.05, 0) is 104 Å². The van der Waals surface area contributed by atoms with Crippen molar-refractivity contribution in [1.82, 2.24) is 5.32 Å². The minimum atomic E-state index is -4.07. The molecule has 0 aromatic heterocycles. The van der Waals surface area contributed by atoms with Gasteiger partial charge in [0.05, 0.1) is 18.0 Å². The van der Waals surface area contributed by atoms with Crippen LogP contribution in [0.4, 0.5) is 0 Å². The maximum absolute atomic E-state index is 12.2. The van der Waals surface area contributed by atoms with E-state index in [1.54, 1.807) is 0 Å². The van der Waals surface area contributed by atoms with Gasteiger partial charge in [0.25, 0.3) is 10.1 Å². The molecule has 4 aliphatic rings. The molecule has 0 aliphatic heterocycles. The molecule has 0 aromatic carbocycles. The van der Waals surface area contributed by atoms with Crippen molar-refractivity contribution in [3.05, 3.63) is 0 Å². The monoisotopic (exact) mass is 499 g/mol. The lowest BCUT2D eigenvalue weighted by molar-refractivity contribution is -0.174. The molecule has 0 bridgehead atoms. The topological polar surface area (TPSA) is 124 Å². The molecule has 4 N–H and O–H groups in total. The molecule has 34 heavy (non-hydrogen) atoms. The van der Waals surface area contributed by atoms with Gasteiger partial charge in [-0.2, -0.15) is 8.42 Å². The standard InChI is InChI=1S/C26H45NO6S/c1-16(4-9-24(30)27-12-13-34(31,32)33)20-7-8-21-19-6-5-17-14-18(28)10-11-25(17,2)22(19)15-23(29)26(20,21)3/h16-23,28-29H,4-15H2,1-3H3,(H,27,30)(H,31,32,33)/t16?,17-,18-,19?,20?,21?,22?,23+,25+,26-/m1/s1. The Morgan fingerprint density at radius 2 is 1.79 bits per heavy atom. The minimum absolute atomic E-state index is 0.0756. The summed E-state index contributed by atoms with van der Waals surface area (Å²) in [6.07, 6.45) is 8.93. The summed E-state index contributed by atoms with van der Waals surface area (Å²) < 4.78 is 30.5. The van der Waals surface area contributed by atoms with Crippen LogP contribution in [0.1, 0.15) is 85.0 Å². The minimum Gasteiger partial charge on any atom is -0.393 e. The largest absolute Gasteiger partial charge is 0.393 e. The first kappa shape index (κ1) is 26.4. The Hall–Kier alpha value is -0.700. The Bertz CT molecular complexity index is 863. The molecular formula is C26H45NO6S. The maximum Gasteiger partial charge on any atom is 0.266 e. The van der Waals surface area contributed by atoms with Crippen LogP contribution in [0.25, 0.3) is 0 Å². The third-order valence-electron chi connectivity index (χ3n) is 11.0. The molecule has 8 heteroatoms. The second kappa shape index (κ2) is 9.64. The summed E-state index contributed by atoms with van der Waals surface area (Å²) in [6, 6.07) is 0. The number of fused-ring (bicyclic) bond motifs is 5. The van der Waals surface area contributed by atoms with Crippen molar-refractivity contribution < 1.29 is 28.0 Å². The van der Waals surface area contributed by atoms with E-state index in [0.29, 0.717) is 48.3 Å². The second-order valence-corrected chi connectivity index (χ2v) is 14.1. The van der Waals surface area contributed by atoms with Gasteiger partial charge in [0.1, 0.15) is 0 Å². The van der Waals surface area contributed by atoms with Gasteiger partial charge < -0.3 is 15.5 Å². The smallest absolute Gasteiger partial charge is 0.266 e. The van der Waals surface area contributed by atoms with E-state index in [0.717, 1.165) is 38.5 Å². The molecule has 5 unspecified atom stereocenters. The van der Waals surface area contributed by atoms with Crippen molar-refractivity contribution in [2.45, 2.75) is 97.2 Å². The van der Waals surface area contributed by atoms with Crippen LogP contribution in [0.15, 0.2) is 0 Å². The van der Waals surface area contributed by atoms with Gasteiger partial charge in [-0.15, -0.1) is 0 Å². The zero-order valence-electron chi connectivity index (χ0n) is 21.1. The van der Waals surface area contributed by atoms with Crippen LogP contribution >= 0.6 is 0 Å². The van der Waals surface area contributed by atoms with Crippen molar-refractivity contribution in [3.63, 3.8) is 0 Å². The van der Waals surface area contributed by atoms with Crippen LogP contribution in [0.2, 0.25) is 0 Å². The average Bonchev–Trinajstić information content (AvgIpc) is 3.11. The molecular weight excluding hydrogens is 454 g/mol. The zero-order valence-corrected chi connectivity index (χ0v) is 21.9. The number of carbonyl (C=O) groups is 1. The van der Waals surface area contributed by atoms with E-state index in [1.165, 1.54) is 12.8 Å². The molecule has 4 aliphatic carbocycles. The van der Waals surface area contributed by atoms with Gasteiger partial charge in [0, 0.05) is 13.0 Å². The van der Waals surface area contributed by atoms with E-state index in [9.17, 15) is 23.4 Å². The summed E-state index contributed by atoms with van der Waals surface area (Å²) in [7, 11) is -4.07. The van der Waals surface area contributed by atoms with E-state index < -0.39 is 15.9 Å². The van der Waals surface area contributed by atoms with Gasteiger partial charge in [-0.3, -0.25) is 9.35 Å². The molecule has 0 heterocycles. The number of nitrogens with one attached hydrogen (secondary N) is 1. The molecule has 196 valence electrons. The fourth-order valence-electron chi connectivity index (χ4n) is 9.13. The number of amides is 1. The SMILES string of the molecule is CC(CCC(=O)NCCS(=O)(=O)O)C1CCC2C3CC[C@@H]4C[C@H](O)CC[C@]4(C)C3C[C@H](O)[C@]12C. The van der Waals surface area contributed by atoms with Crippen molar-refractivity contribution in [2.75, 3.05) is 12.3 Å². The van der Waals surface area contributed by atoms with Gasteiger partial charge in [0.2, 0.25) is 5.91 Å². The molecule has 0 radical (unpaired) electrons. The number of hydrogen-bond acceptors (Lipinski definition) is 5. The predicted octanol–water partition coefficient (Wildman–Crippen LogP) is 3.40. The van der Waals surface area contributed by atoms with Gasteiger partial charge >= 0.3 is 0 Å². The summed E-state index contributed by atoms with van der Waals surface area (Å²) in [5, 5.41) is 24.5. The predicted molar refractivity (Wildman–Crippen MR) is 130 cm³/mol. The first-order valence-corrected chi connectivity index (χ1v) is 15.0. The highest BCUT2D eigenvalue weighted by atomic mass is 32.2. The first-order chi connectivity index (χ1) is 15.9. The third-order valence-corrected chi connectivity index (χ3v) is 11.7. The maximum atomic E-state index is 12.2. The molecule has 7 nitrogen and oxygen atoms in total. The van der Waals surface area contributed by atoms with E-state index in [4.69, 9.17) is 4.55 Å². The van der Waals surface area contributed by atoms with E-state index in [-0.39, 0.29) is 35.5 Å². The molecule has 1 amide bonds. The summed E-state index contributed by atoms with van der Waals surface area (Å²) in [6.45, 7) is 6.86. The van der Waals surface area contributed by atoms with E-state index in [2.05, 4.69) is 26.1 Å². The highest BCUT2D eigenvalue weighted by molar-refractivity contribution is 7.85. The highest BCUT2D eigenvalue weighted by Crippen LogP contribution is 2.68. The Morgan fingerprint density at radius 3 is 2.50 bits per heavy atom. The Labute approximate surface area is 205 Å². The first-order valence-electron chi connectivity index (χ1n) is 13.4. The van der Waals surface area contributed by atoms with Crippen LogP contribution in [0, 0.1) is 46.3 Å². The average molecular weight is 500 g/mol. The molecule has 4 rings (SSSR count). The summed E-state index contributed by atoms with van der Waals surface area (Å²) >= 11 is 0.